The van der Waals surface area contributed by atoms with Crippen LogP contribution in [0.5, 0.6) is 0 Å². The fraction of sp³-hybridized carbons (Fsp3) is 0.300. The van der Waals surface area contributed by atoms with E-state index in [4.69, 9.17) is 4.52 Å². The molecule has 3 heterocycles. The predicted octanol–water partition coefficient (Wildman–Crippen LogP) is 4.25. The number of rotatable bonds is 5. The molecule has 0 spiro atoms. The van der Waals surface area contributed by atoms with Crippen LogP contribution >= 0.6 is 11.8 Å². The van der Waals surface area contributed by atoms with E-state index in [-0.39, 0.29) is 11.5 Å². The Morgan fingerprint density at radius 1 is 1.22 bits per heavy atom. The van der Waals surface area contributed by atoms with Crippen molar-refractivity contribution in [3.8, 4) is 11.9 Å². The van der Waals surface area contributed by atoms with E-state index in [2.05, 4.69) is 16.2 Å². The second kappa shape index (κ2) is 7.41. The second-order valence-corrected chi connectivity index (χ2v) is 7.46. The zero-order valence-electron chi connectivity index (χ0n) is 16.0. The molecule has 0 aliphatic heterocycles. The Morgan fingerprint density at radius 3 is 2.59 bits per heavy atom. The maximum Gasteiger partial charge on any atom is 0.180 e. The van der Waals surface area contributed by atoms with Gasteiger partial charge in [-0.25, -0.2) is 4.98 Å². The third-order valence-electron chi connectivity index (χ3n) is 4.34. The Labute approximate surface area is 162 Å². The highest BCUT2D eigenvalue weighted by atomic mass is 32.2. The lowest BCUT2D eigenvalue weighted by atomic mass is 10.1. The van der Waals surface area contributed by atoms with Crippen LogP contribution in [0.3, 0.4) is 0 Å². The molecular formula is C20H20N4O2S. The molecular weight excluding hydrogens is 360 g/mol. The first kappa shape index (κ1) is 18.9. The van der Waals surface area contributed by atoms with Crippen LogP contribution < -0.4 is 0 Å². The summed E-state index contributed by atoms with van der Waals surface area (Å²) in [5, 5.41) is 14.0. The lowest BCUT2D eigenvalue weighted by molar-refractivity contribution is 0.102. The number of ketones is 1. The summed E-state index contributed by atoms with van der Waals surface area (Å²) in [7, 11) is 0. The van der Waals surface area contributed by atoms with Crippen LogP contribution in [0.2, 0.25) is 0 Å². The van der Waals surface area contributed by atoms with Gasteiger partial charge in [0.1, 0.15) is 16.9 Å². The Kier molecular flexibility index (Phi) is 5.19. The molecule has 3 rings (SSSR count). The predicted molar refractivity (Wildman–Crippen MR) is 104 cm³/mol. The van der Waals surface area contributed by atoms with Crippen LogP contribution in [0.4, 0.5) is 0 Å². The number of hydrogen-bond donors (Lipinski definition) is 0. The molecule has 3 aromatic heterocycles. The molecule has 0 saturated carbocycles. The van der Waals surface area contributed by atoms with Crippen molar-refractivity contribution >= 4 is 17.5 Å². The maximum atomic E-state index is 12.8. The van der Waals surface area contributed by atoms with Gasteiger partial charge in [0.2, 0.25) is 0 Å². The molecule has 0 aliphatic rings. The first-order chi connectivity index (χ1) is 12.8. The molecule has 7 heteroatoms. The highest BCUT2D eigenvalue weighted by molar-refractivity contribution is 8.00. The Hall–Kier alpha value is -2.85. The van der Waals surface area contributed by atoms with Gasteiger partial charge in [-0.3, -0.25) is 9.36 Å². The fourth-order valence-electron chi connectivity index (χ4n) is 3.11. The molecule has 0 radical (unpaired) electrons. The van der Waals surface area contributed by atoms with Crippen molar-refractivity contribution in [1.82, 2.24) is 14.7 Å². The van der Waals surface area contributed by atoms with Crippen molar-refractivity contribution in [2.24, 2.45) is 0 Å². The van der Waals surface area contributed by atoms with E-state index < -0.39 is 0 Å². The number of Topliss-reactive ketones (excluding diaryl/α,β-unsaturated/α-hetero) is 1. The van der Waals surface area contributed by atoms with Gasteiger partial charge in [0, 0.05) is 28.7 Å². The van der Waals surface area contributed by atoms with Crippen LogP contribution in [0.1, 0.15) is 44.3 Å². The third-order valence-corrected chi connectivity index (χ3v) is 5.31. The zero-order valence-corrected chi connectivity index (χ0v) is 16.8. The molecule has 0 aromatic carbocycles. The summed E-state index contributed by atoms with van der Waals surface area (Å²) in [6.45, 7) is 9.42. The van der Waals surface area contributed by atoms with Gasteiger partial charge >= 0.3 is 0 Å². The standard InChI is InChI=1S/C20H20N4O2S/c1-11-6-12(2)22-20(17(11)9-21)27-10-18(25)16-7-13(3)24(15(16)5)19-8-14(4)26-23-19/h6-8H,10H2,1-5H3. The normalized spacial score (nSPS) is 10.8. The summed E-state index contributed by atoms with van der Waals surface area (Å²) in [4.78, 5) is 17.2. The summed E-state index contributed by atoms with van der Waals surface area (Å²) in [6, 6.07) is 7.76. The van der Waals surface area contributed by atoms with Crippen molar-refractivity contribution in [2.45, 2.75) is 39.6 Å². The van der Waals surface area contributed by atoms with Crippen LogP contribution in [-0.4, -0.2) is 26.2 Å². The van der Waals surface area contributed by atoms with E-state index in [1.165, 1.54) is 11.8 Å². The first-order valence-corrected chi connectivity index (χ1v) is 9.47. The van der Waals surface area contributed by atoms with Gasteiger partial charge in [-0.2, -0.15) is 5.26 Å². The number of aryl methyl sites for hydroxylation is 4. The molecule has 0 N–H and O–H groups in total. The van der Waals surface area contributed by atoms with Crippen molar-refractivity contribution in [1.29, 1.82) is 5.26 Å². The van der Waals surface area contributed by atoms with E-state index >= 15 is 0 Å². The van der Waals surface area contributed by atoms with Gasteiger partial charge in [0.25, 0.3) is 0 Å². The topological polar surface area (TPSA) is 84.7 Å². The molecule has 0 fully saturated rings. The van der Waals surface area contributed by atoms with Gasteiger partial charge in [-0.05, 0) is 52.3 Å². The van der Waals surface area contributed by atoms with Crippen LogP contribution in [0, 0.1) is 45.9 Å². The average Bonchev–Trinajstić information content (AvgIpc) is 3.15. The minimum Gasteiger partial charge on any atom is -0.360 e. The zero-order chi connectivity index (χ0) is 19.7. The van der Waals surface area contributed by atoms with E-state index in [1.54, 1.807) is 0 Å². The maximum absolute atomic E-state index is 12.8. The highest BCUT2D eigenvalue weighted by Crippen LogP contribution is 2.26. The summed E-state index contributed by atoms with van der Waals surface area (Å²) >= 11 is 1.30. The van der Waals surface area contributed by atoms with E-state index in [9.17, 15) is 10.1 Å². The van der Waals surface area contributed by atoms with E-state index in [0.29, 0.717) is 27.7 Å². The van der Waals surface area contributed by atoms with Crippen molar-refractivity contribution in [2.75, 3.05) is 5.75 Å². The smallest absolute Gasteiger partial charge is 0.180 e. The summed E-state index contributed by atoms with van der Waals surface area (Å²) < 4.78 is 7.06. The van der Waals surface area contributed by atoms with Crippen molar-refractivity contribution in [3.63, 3.8) is 0 Å². The number of aromatic nitrogens is 3. The van der Waals surface area contributed by atoms with Crippen LogP contribution in [0.15, 0.2) is 27.7 Å². The number of carbonyl (C=O) groups is 1. The minimum absolute atomic E-state index is 0.00980. The van der Waals surface area contributed by atoms with Gasteiger partial charge in [0.05, 0.1) is 11.3 Å². The molecule has 138 valence electrons. The second-order valence-electron chi connectivity index (χ2n) is 6.50. The molecule has 0 saturated heterocycles. The number of nitriles is 1. The van der Waals surface area contributed by atoms with Gasteiger partial charge in [-0.1, -0.05) is 16.9 Å². The van der Waals surface area contributed by atoms with Crippen LogP contribution in [-0.2, 0) is 0 Å². The van der Waals surface area contributed by atoms with Crippen molar-refractivity contribution < 1.29 is 9.32 Å². The SMILES string of the molecule is Cc1cc(C)c(C#N)c(SCC(=O)c2cc(C)n(-c3cc(C)on3)c2C)n1. The molecule has 27 heavy (non-hydrogen) atoms. The molecule has 0 aliphatic carbocycles. The van der Waals surface area contributed by atoms with Gasteiger partial charge in [-0.15, -0.1) is 0 Å². The minimum atomic E-state index is -0.00980. The Bertz CT molecular complexity index is 1070. The monoisotopic (exact) mass is 380 g/mol. The van der Waals surface area contributed by atoms with Crippen LogP contribution in [0.25, 0.3) is 5.82 Å². The number of carbonyl (C=O) groups excluding carboxylic acids is 1. The molecule has 0 amide bonds. The quantitative estimate of drug-likeness (QED) is 0.486. The largest absolute Gasteiger partial charge is 0.360 e. The first-order valence-electron chi connectivity index (χ1n) is 8.48. The van der Waals surface area contributed by atoms with Gasteiger partial charge in [0.15, 0.2) is 11.6 Å². The average molecular weight is 380 g/mol. The molecule has 0 unspecified atom stereocenters. The fourth-order valence-corrected chi connectivity index (χ4v) is 4.09. The van der Waals surface area contributed by atoms with E-state index in [1.807, 2.05) is 57.4 Å². The van der Waals surface area contributed by atoms with Gasteiger partial charge < -0.3 is 4.52 Å². The Balaban J connectivity index is 1.85. The molecule has 3 aromatic rings. The molecule has 0 atom stereocenters. The summed E-state index contributed by atoms with van der Waals surface area (Å²) in [5.41, 5.74) is 4.61. The number of pyridine rings is 1. The number of nitrogens with zero attached hydrogens (tertiary/aromatic N) is 4. The molecule has 6 nitrogen and oxygen atoms in total. The summed E-state index contributed by atoms with van der Waals surface area (Å²) in [5.74, 6) is 1.58. The Morgan fingerprint density at radius 2 is 1.96 bits per heavy atom. The number of hydrogen-bond acceptors (Lipinski definition) is 6. The number of thioether (sulfide) groups is 1. The lowest BCUT2D eigenvalue weighted by Crippen LogP contribution is -2.06. The lowest BCUT2D eigenvalue weighted by Gasteiger charge is -2.07. The highest BCUT2D eigenvalue weighted by Gasteiger charge is 2.19. The summed E-state index contributed by atoms with van der Waals surface area (Å²) in [6.07, 6.45) is 0. The third kappa shape index (κ3) is 3.67. The van der Waals surface area contributed by atoms with Crippen molar-refractivity contribution in [3.05, 3.63) is 57.7 Å². The molecule has 0 bridgehead atoms. The van der Waals surface area contributed by atoms with E-state index in [0.717, 1.165) is 22.6 Å².